The lowest BCUT2D eigenvalue weighted by atomic mass is 10.0. The Bertz CT molecular complexity index is 588. The molecule has 0 saturated carbocycles. The fraction of sp³-hybridized carbons (Fsp3) is 0.438. The number of H-pyrrole nitrogens is 1. The maximum absolute atomic E-state index is 11.9. The molecule has 20 heavy (non-hydrogen) atoms. The van der Waals surface area contributed by atoms with Gasteiger partial charge in [-0.3, -0.25) is 0 Å². The summed E-state index contributed by atoms with van der Waals surface area (Å²) in [4.78, 5) is 15.1. The van der Waals surface area contributed by atoms with Crippen molar-refractivity contribution < 1.29 is 14.3 Å². The summed E-state index contributed by atoms with van der Waals surface area (Å²) in [7, 11) is 0. The lowest BCUT2D eigenvalue weighted by Gasteiger charge is -2.15. The maximum Gasteiger partial charge on any atom is 0.335 e. The van der Waals surface area contributed by atoms with Crippen LogP contribution >= 0.6 is 0 Å². The first-order chi connectivity index (χ1) is 9.65. The van der Waals surface area contributed by atoms with Gasteiger partial charge in [-0.1, -0.05) is 6.07 Å². The summed E-state index contributed by atoms with van der Waals surface area (Å²) in [6, 6.07) is 6.15. The van der Waals surface area contributed by atoms with E-state index in [0.29, 0.717) is 19.6 Å². The van der Waals surface area contributed by atoms with E-state index in [1.807, 2.05) is 25.3 Å². The van der Waals surface area contributed by atoms with Crippen molar-refractivity contribution in [3.63, 3.8) is 0 Å². The summed E-state index contributed by atoms with van der Waals surface area (Å²) < 4.78 is 10.6. The van der Waals surface area contributed by atoms with E-state index in [0.717, 1.165) is 11.1 Å². The van der Waals surface area contributed by atoms with Crippen molar-refractivity contribution in [1.82, 2.24) is 4.98 Å². The topological polar surface area (TPSA) is 51.3 Å². The molecule has 0 aliphatic heterocycles. The third kappa shape index (κ3) is 3.20. The van der Waals surface area contributed by atoms with Gasteiger partial charge < -0.3 is 14.5 Å². The molecule has 1 atom stereocenters. The molecule has 0 amide bonds. The van der Waals surface area contributed by atoms with E-state index in [1.54, 1.807) is 6.92 Å². The molecule has 108 valence electrons. The first kappa shape index (κ1) is 14.6. The summed E-state index contributed by atoms with van der Waals surface area (Å²) in [5, 5.41) is 1.18. The number of hydrogen-bond acceptors (Lipinski definition) is 3. The fourth-order valence-corrected chi connectivity index (χ4v) is 2.30. The second-order valence-corrected chi connectivity index (χ2v) is 4.75. The van der Waals surface area contributed by atoms with Crippen LogP contribution in [0.15, 0.2) is 24.4 Å². The Morgan fingerprint density at radius 3 is 2.80 bits per heavy atom. The third-order valence-corrected chi connectivity index (χ3v) is 3.29. The highest BCUT2D eigenvalue weighted by molar-refractivity contribution is 5.84. The summed E-state index contributed by atoms with van der Waals surface area (Å²) >= 11 is 0. The monoisotopic (exact) mass is 275 g/mol. The Balaban J connectivity index is 2.18. The summed E-state index contributed by atoms with van der Waals surface area (Å²) in [6.45, 7) is 6.61. The number of fused-ring (bicyclic) bond motifs is 1. The van der Waals surface area contributed by atoms with Crippen molar-refractivity contribution >= 4 is 16.9 Å². The number of aryl methyl sites for hydroxylation is 1. The fourth-order valence-electron chi connectivity index (χ4n) is 2.30. The maximum atomic E-state index is 11.9. The van der Waals surface area contributed by atoms with Crippen molar-refractivity contribution in [1.29, 1.82) is 0 Å². The summed E-state index contributed by atoms with van der Waals surface area (Å²) in [5.41, 5.74) is 3.38. The molecule has 0 spiro atoms. The Kier molecular flexibility index (Phi) is 4.79. The Hall–Kier alpha value is -1.81. The lowest BCUT2D eigenvalue weighted by molar-refractivity contribution is -0.156. The Labute approximate surface area is 119 Å². The van der Waals surface area contributed by atoms with Gasteiger partial charge in [-0.15, -0.1) is 0 Å². The predicted octanol–water partition coefficient (Wildman–Crippen LogP) is 2.99. The van der Waals surface area contributed by atoms with E-state index in [1.165, 1.54) is 10.9 Å². The van der Waals surface area contributed by atoms with Crippen LogP contribution in [0.5, 0.6) is 0 Å². The van der Waals surface area contributed by atoms with Crippen LogP contribution in [0.25, 0.3) is 10.9 Å². The molecule has 1 heterocycles. The number of nitrogens with one attached hydrogen (secondary N) is 1. The van der Waals surface area contributed by atoms with Crippen LogP contribution in [-0.2, 0) is 20.7 Å². The molecule has 1 N–H and O–H groups in total. The lowest BCUT2D eigenvalue weighted by Crippen LogP contribution is -2.28. The number of aromatic nitrogens is 1. The van der Waals surface area contributed by atoms with Crippen molar-refractivity contribution in [2.24, 2.45) is 0 Å². The van der Waals surface area contributed by atoms with E-state index in [-0.39, 0.29) is 5.97 Å². The van der Waals surface area contributed by atoms with Crippen LogP contribution in [0.1, 0.15) is 25.0 Å². The van der Waals surface area contributed by atoms with Crippen LogP contribution < -0.4 is 0 Å². The number of carbonyl (C=O) groups excluding carboxylic acids is 1. The molecule has 0 radical (unpaired) electrons. The summed E-state index contributed by atoms with van der Waals surface area (Å²) in [5.74, 6) is -0.291. The van der Waals surface area contributed by atoms with E-state index in [4.69, 9.17) is 9.47 Å². The minimum absolute atomic E-state index is 0.291. The van der Waals surface area contributed by atoms with Crippen LogP contribution in [0.2, 0.25) is 0 Å². The number of hydrogen-bond donors (Lipinski definition) is 1. The van der Waals surface area contributed by atoms with Gasteiger partial charge in [0.1, 0.15) is 0 Å². The quantitative estimate of drug-likeness (QED) is 0.825. The highest BCUT2D eigenvalue weighted by Gasteiger charge is 2.20. The van der Waals surface area contributed by atoms with Crippen LogP contribution in [0.3, 0.4) is 0 Å². The molecule has 2 aromatic rings. The molecule has 0 aliphatic carbocycles. The molecule has 0 bridgehead atoms. The van der Waals surface area contributed by atoms with Crippen molar-refractivity contribution in [3.8, 4) is 0 Å². The Morgan fingerprint density at radius 1 is 1.30 bits per heavy atom. The van der Waals surface area contributed by atoms with Crippen LogP contribution in [0, 0.1) is 6.92 Å². The number of ether oxygens (including phenoxy) is 2. The molecule has 0 fully saturated rings. The normalized spacial score (nSPS) is 12.6. The average Bonchev–Trinajstić information content (AvgIpc) is 2.80. The zero-order chi connectivity index (χ0) is 14.5. The summed E-state index contributed by atoms with van der Waals surface area (Å²) in [6.07, 6.45) is 1.99. The smallest absolute Gasteiger partial charge is 0.335 e. The van der Waals surface area contributed by atoms with E-state index in [9.17, 15) is 4.79 Å². The van der Waals surface area contributed by atoms with E-state index < -0.39 is 6.10 Å². The third-order valence-electron chi connectivity index (χ3n) is 3.29. The zero-order valence-electron chi connectivity index (χ0n) is 12.2. The molecule has 2 rings (SSSR count). The standard InChI is InChI=1S/C16H21NO3/c1-4-19-15(16(18)20-5-2)9-12-6-7-14-13(8-12)11(3)10-17-14/h6-8,10,15,17H,4-5,9H2,1-3H3. The van der Waals surface area contributed by atoms with Gasteiger partial charge in [-0.2, -0.15) is 0 Å². The molecule has 1 aromatic carbocycles. The van der Waals surface area contributed by atoms with Gasteiger partial charge >= 0.3 is 5.97 Å². The highest BCUT2D eigenvalue weighted by atomic mass is 16.6. The number of aromatic amines is 1. The van der Waals surface area contributed by atoms with Gasteiger partial charge in [0.25, 0.3) is 0 Å². The van der Waals surface area contributed by atoms with Crippen molar-refractivity contribution in [3.05, 3.63) is 35.5 Å². The predicted molar refractivity (Wildman–Crippen MR) is 78.8 cm³/mol. The first-order valence-electron chi connectivity index (χ1n) is 7.00. The Morgan fingerprint density at radius 2 is 2.10 bits per heavy atom. The molecule has 4 heteroatoms. The molecule has 0 saturated heterocycles. The molecule has 1 unspecified atom stereocenters. The molecule has 1 aromatic heterocycles. The van der Waals surface area contributed by atoms with Gasteiger partial charge in [0, 0.05) is 30.1 Å². The second kappa shape index (κ2) is 6.57. The van der Waals surface area contributed by atoms with Crippen molar-refractivity contribution in [2.75, 3.05) is 13.2 Å². The first-order valence-corrected chi connectivity index (χ1v) is 7.00. The second-order valence-electron chi connectivity index (χ2n) is 4.75. The van der Waals surface area contributed by atoms with Gasteiger partial charge in [-0.25, -0.2) is 4.79 Å². The number of benzene rings is 1. The number of esters is 1. The molecular weight excluding hydrogens is 254 g/mol. The minimum Gasteiger partial charge on any atom is -0.464 e. The van der Waals surface area contributed by atoms with Crippen molar-refractivity contribution in [2.45, 2.75) is 33.3 Å². The average molecular weight is 275 g/mol. The highest BCUT2D eigenvalue weighted by Crippen LogP contribution is 2.20. The molecule has 4 nitrogen and oxygen atoms in total. The van der Waals surface area contributed by atoms with Crippen LogP contribution in [-0.4, -0.2) is 30.3 Å². The number of rotatable bonds is 6. The number of carbonyl (C=O) groups is 1. The van der Waals surface area contributed by atoms with Gasteiger partial charge in [0.2, 0.25) is 0 Å². The SMILES string of the molecule is CCOC(=O)C(Cc1ccc2[nH]cc(C)c2c1)OCC. The van der Waals surface area contributed by atoms with E-state index >= 15 is 0 Å². The van der Waals surface area contributed by atoms with Gasteiger partial charge in [0.15, 0.2) is 6.10 Å². The van der Waals surface area contributed by atoms with Crippen LogP contribution in [0.4, 0.5) is 0 Å². The van der Waals surface area contributed by atoms with Gasteiger partial charge in [0.05, 0.1) is 6.61 Å². The van der Waals surface area contributed by atoms with Gasteiger partial charge in [-0.05, 0) is 44.0 Å². The minimum atomic E-state index is -0.531. The zero-order valence-corrected chi connectivity index (χ0v) is 12.2. The molecular formula is C16H21NO3. The largest absolute Gasteiger partial charge is 0.464 e. The molecule has 0 aliphatic rings. The van der Waals surface area contributed by atoms with E-state index in [2.05, 4.69) is 18.0 Å².